The first-order chi connectivity index (χ1) is 10.4. The van der Waals surface area contributed by atoms with Crippen LogP contribution in [0.5, 0.6) is 0 Å². The zero-order valence-corrected chi connectivity index (χ0v) is 13.4. The Morgan fingerprint density at radius 1 is 1.41 bits per heavy atom. The van der Waals surface area contributed by atoms with E-state index in [4.69, 9.17) is 15.2 Å². The molecule has 0 bridgehead atoms. The van der Waals surface area contributed by atoms with E-state index in [2.05, 4.69) is 5.32 Å². The van der Waals surface area contributed by atoms with Crippen LogP contribution in [0.25, 0.3) is 0 Å². The zero-order chi connectivity index (χ0) is 16.7. The molecule has 0 saturated carbocycles. The molecule has 1 amide bonds. The van der Waals surface area contributed by atoms with E-state index >= 15 is 0 Å². The molecule has 0 unspecified atom stereocenters. The Labute approximate surface area is 130 Å². The van der Waals surface area contributed by atoms with Crippen molar-refractivity contribution in [1.29, 1.82) is 0 Å². The number of carbonyl (C=O) groups excluding carboxylic acids is 1. The van der Waals surface area contributed by atoms with Crippen LogP contribution < -0.4 is 11.1 Å². The number of carbonyl (C=O) groups is 2. The number of carboxylic acid groups (broad SMARTS) is 1. The van der Waals surface area contributed by atoms with Crippen molar-refractivity contribution < 1.29 is 24.2 Å². The molecule has 22 heavy (non-hydrogen) atoms. The van der Waals surface area contributed by atoms with Crippen LogP contribution in [0.15, 0.2) is 11.6 Å². The van der Waals surface area contributed by atoms with Crippen LogP contribution in [0.3, 0.4) is 0 Å². The van der Waals surface area contributed by atoms with Gasteiger partial charge in [0.2, 0.25) is 0 Å². The van der Waals surface area contributed by atoms with Crippen molar-refractivity contribution >= 4 is 12.1 Å². The number of hydrogen-bond donors (Lipinski definition) is 3. The first-order valence-electron chi connectivity index (χ1n) is 7.71. The van der Waals surface area contributed by atoms with Crippen LogP contribution in [0.1, 0.15) is 40.0 Å². The van der Waals surface area contributed by atoms with Crippen molar-refractivity contribution in [3.05, 3.63) is 11.6 Å². The molecule has 7 nitrogen and oxygen atoms in total. The number of rotatable bonds is 7. The minimum absolute atomic E-state index is 0.0203. The van der Waals surface area contributed by atoms with Crippen molar-refractivity contribution in [2.24, 2.45) is 5.73 Å². The van der Waals surface area contributed by atoms with E-state index in [1.54, 1.807) is 13.0 Å². The summed E-state index contributed by atoms with van der Waals surface area (Å²) in [5.74, 6) is -1.01. The number of hydrogen-bond acceptors (Lipinski definition) is 5. The minimum atomic E-state index is -1.01. The molecule has 7 heteroatoms. The van der Waals surface area contributed by atoms with Gasteiger partial charge in [0.05, 0.1) is 24.9 Å². The maximum absolute atomic E-state index is 11.7. The zero-order valence-electron chi connectivity index (χ0n) is 13.4. The van der Waals surface area contributed by atoms with E-state index in [0.29, 0.717) is 0 Å². The second-order valence-electron chi connectivity index (χ2n) is 5.29. The molecule has 0 heterocycles. The average molecular weight is 314 g/mol. The maximum atomic E-state index is 11.7. The highest BCUT2D eigenvalue weighted by atomic mass is 16.5. The molecule has 4 N–H and O–H groups in total. The van der Waals surface area contributed by atoms with Gasteiger partial charge < -0.3 is 25.6 Å². The lowest BCUT2D eigenvalue weighted by atomic mass is 9.88. The van der Waals surface area contributed by atoms with Gasteiger partial charge in [-0.05, 0) is 32.3 Å². The number of ether oxygens (including phenoxy) is 2. The third-order valence-corrected chi connectivity index (χ3v) is 3.73. The van der Waals surface area contributed by atoms with Gasteiger partial charge in [-0.1, -0.05) is 13.8 Å². The summed E-state index contributed by atoms with van der Waals surface area (Å²) in [5.41, 5.74) is 6.26. The summed E-state index contributed by atoms with van der Waals surface area (Å²) in [7, 11) is 0. The summed E-state index contributed by atoms with van der Waals surface area (Å²) in [4.78, 5) is 22.9. The van der Waals surface area contributed by atoms with Gasteiger partial charge in [0, 0.05) is 11.6 Å². The van der Waals surface area contributed by atoms with Crippen molar-refractivity contribution in [1.82, 2.24) is 5.32 Å². The molecule has 1 rings (SSSR count). The van der Waals surface area contributed by atoms with Crippen LogP contribution in [-0.2, 0) is 14.3 Å². The molecule has 0 radical (unpaired) electrons. The molecule has 1 aliphatic carbocycles. The Morgan fingerprint density at radius 3 is 2.55 bits per heavy atom. The van der Waals surface area contributed by atoms with Crippen molar-refractivity contribution in [3.8, 4) is 0 Å². The van der Waals surface area contributed by atoms with Gasteiger partial charge in [0.15, 0.2) is 0 Å². The van der Waals surface area contributed by atoms with E-state index in [1.807, 2.05) is 13.8 Å². The molecule has 3 atom stereocenters. The highest BCUT2D eigenvalue weighted by molar-refractivity contribution is 5.87. The second-order valence-corrected chi connectivity index (χ2v) is 5.29. The number of nitrogens with two attached hydrogens (primary N) is 1. The largest absolute Gasteiger partial charge is 0.478 e. The number of alkyl carbamates (subject to hydrolysis) is 1. The molecule has 0 spiro atoms. The lowest BCUT2D eigenvalue weighted by Gasteiger charge is -2.36. The van der Waals surface area contributed by atoms with Crippen LogP contribution >= 0.6 is 0 Å². The smallest absolute Gasteiger partial charge is 0.407 e. The quantitative estimate of drug-likeness (QED) is 0.655. The van der Waals surface area contributed by atoms with Crippen LogP contribution in [0, 0.1) is 0 Å². The monoisotopic (exact) mass is 314 g/mol. The molecule has 126 valence electrons. The Kier molecular flexibility index (Phi) is 7.34. The van der Waals surface area contributed by atoms with Crippen LogP contribution in [-0.4, -0.2) is 48.1 Å². The van der Waals surface area contributed by atoms with Crippen molar-refractivity contribution in [3.63, 3.8) is 0 Å². The number of nitrogens with one attached hydrogen (secondary N) is 1. The molecular formula is C15H26N2O5. The van der Waals surface area contributed by atoms with E-state index in [9.17, 15) is 14.7 Å². The van der Waals surface area contributed by atoms with E-state index in [-0.39, 0.29) is 24.7 Å². The van der Waals surface area contributed by atoms with Crippen LogP contribution in [0.4, 0.5) is 4.79 Å². The standard InChI is InChI=1S/C15H26N2O5/c1-4-10(5-2)22-12-8-9(14(18)19)7-11(16)13(12)17-15(20)21-6-3/h8,10-13H,4-7,16H2,1-3H3,(H,17,20)(H,18,19)/t11-,12+,13+/m0/s1. The lowest BCUT2D eigenvalue weighted by molar-refractivity contribution is -0.133. The van der Waals surface area contributed by atoms with Crippen molar-refractivity contribution in [2.75, 3.05) is 6.61 Å². The molecule has 0 fully saturated rings. The van der Waals surface area contributed by atoms with Gasteiger partial charge in [0.1, 0.15) is 0 Å². The molecule has 0 aromatic carbocycles. The third kappa shape index (κ3) is 4.99. The lowest BCUT2D eigenvalue weighted by Crippen LogP contribution is -2.57. The number of aliphatic carboxylic acids is 1. The Hall–Kier alpha value is -1.60. The summed E-state index contributed by atoms with van der Waals surface area (Å²) >= 11 is 0. The van der Waals surface area contributed by atoms with Crippen LogP contribution in [0.2, 0.25) is 0 Å². The van der Waals surface area contributed by atoms with Gasteiger partial charge in [-0.2, -0.15) is 0 Å². The van der Waals surface area contributed by atoms with E-state index in [1.165, 1.54) is 0 Å². The fourth-order valence-corrected chi connectivity index (χ4v) is 2.48. The summed E-state index contributed by atoms with van der Waals surface area (Å²) in [6.07, 6.45) is 2.14. The molecule has 0 saturated heterocycles. The Balaban J connectivity index is 2.93. The predicted molar refractivity (Wildman–Crippen MR) is 81.5 cm³/mol. The van der Waals surface area contributed by atoms with Gasteiger partial charge in [-0.3, -0.25) is 0 Å². The summed E-state index contributed by atoms with van der Waals surface area (Å²) in [6.45, 7) is 5.95. The second kappa shape index (κ2) is 8.75. The maximum Gasteiger partial charge on any atom is 0.407 e. The van der Waals surface area contributed by atoms with Gasteiger partial charge in [-0.15, -0.1) is 0 Å². The highest BCUT2D eigenvalue weighted by Crippen LogP contribution is 2.23. The summed E-state index contributed by atoms with van der Waals surface area (Å²) in [5, 5.41) is 11.9. The molecule has 0 aromatic heterocycles. The number of amides is 1. The van der Waals surface area contributed by atoms with Crippen molar-refractivity contribution in [2.45, 2.75) is 64.3 Å². The normalized spacial score (nSPS) is 24.8. The number of carboxylic acids is 1. The summed E-state index contributed by atoms with van der Waals surface area (Å²) < 4.78 is 10.8. The highest BCUT2D eigenvalue weighted by Gasteiger charge is 2.36. The Bertz CT molecular complexity index is 420. The minimum Gasteiger partial charge on any atom is -0.478 e. The fourth-order valence-electron chi connectivity index (χ4n) is 2.48. The van der Waals surface area contributed by atoms with Gasteiger partial charge in [0.25, 0.3) is 0 Å². The Morgan fingerprint density at radius 2 is 2.05 bits per heavy atom. The molecule has 0 aromatic rings. The summed E-state index contributed by atoms with van der Waals surface area (Å²) in [6, 6.07) is -1.05. The first kappa shape index (κ1) is 18.4. The topological polar surface area (TPSA) is 111 Å². The van der Waals surface area contributed by atoms with Gasteiger partial charge >= 0.3 is 12.1 Å². The van der Waals surface area contributed by atoms with Gasteiger partial charge in [-0.25, -0.2) is 9.59 Å². The first-order valence-corrected chi connectivity index (χ1v) is 7.71. The predicted octanol–water partition coefficient (Wildman–Crippen LogP) is 1.42. The molecular weight excluding hydrogens is 288 g/mol. The van der Waals surface area contributed by atoms with E-state index < -0.39 is 30.3 Å². The molecule has 0 aliphatic heterocycles. The average Bonchev–Trinajstić information content (AvgIpc) is 2.47. The third-order valence-electron chi connectivity index (χ3n) is 3.73. The molecule has 1 aliphatic rings. The fraction of sp³-hybridized carbons (Fsp3) is 0.733. The van der Waals surface area contributed by atoms with E-state index in [0.717, 1.165) is 12.8 Å². The SMILES string of the molecule is CCOC(=O)N[C@@H]1[C@@H](N)CC(C(=O)O)=C[C@H]1OC(CC)CC.